The van der Waals surface area contributed by atoms with Crippen molar-refractivity contribution in [2.24, 2.45) is 0 Å². The molecule has 1 fully saturated rings. The molecule has 0 aromatic heterocycles. The number of hydrogen-bond acceptors (Lipinski definition) is 3. The molecule has 5 nitrogen and oxygen atoms in total. The molecule has 5 heteroatoms. The van der Waals surface area contributed by atoms with Gasteiger partial charge in [0.15, 0.2) is 0 Å². The second kappa shape index (κ2) is 6.52. The van der Waals surface area contributed by atoms with E-state index in [1.165, 1.54) is 0 Å². The monoisotopic (exact) mass is 276 g/mol. The molecule has 1 heterocycles. The number of nitrogens with one attached hydrogen (secondary N) is 2. The first-order valence-electron chi connectivity index (χ1n) is 6.85. The Bertz CT molecular complexity index is 508. The summed E-state index contributed by atoms with van der Waals surface area (Å²) in [6, 6.07) is 5.60. The van der Waals surface area contributed by atoms with Gasteiger partial charge < -0.3 is 15.4 Å². The molecular formula is C15H20N2O3. The molecule has 0 radical (unpaired) electrons. The van der Waals surface area contributed by atoms with Gasteiger partial charge in [-0.1, -0.05) is 12.1 Å². The second-order valence-corrected chi connectivity index (χ2v) is 5.05. The third kappa shape index (κ3) is 3.57. The van der Waals surface area contributed by atoms with Gasteiger partial charge in [0.05, 0.1) is 6.10 Å². The number of amides is 2. The Morgan fingerprint density at radius 3 is 2.80 bits per heavy atom. The van der Waals surface area contributed by atoms with Crippen molar-refractivity contribution in [2.45, 2.75) is 32.8 Å². The summed E-state index contributed by atoms with van der Waals surface area (Å²) in [4.78, 5) is 23.5. The van der Waals surface area contributed by atoms with Crippen LogP contribution in [-0.4, -0.2) is 31.1 Å². The van der Waals surface area contributed by atoms with Crippen LogP contribution in [0.1, 0.15) is 24.0 Å². The van der Waals surface area contributed by atoms with E-state index in [2.05, 4.69) is 10.6 Å². The molecule has 1 aliphatic heterocycles. The Labute approximate surface area is 118 Å². The van der Waals surface area contributed by atoms with E-state index >= 15 is 0 Å². The maximum atomic E-state index is 11.8. The number of anilines is 1. The Hall–Kier alpha value is -1.88. The lowest BCUT2D eigenvalue weighted by molar-refractivity contribution is -0.136. The maximum Gasteiger partial charge on any atom is 0.313 e. The fraction of sp³-hybridized carbons (Fsp3) is 0.467. The van der Waals surface area contributed by atoms with Gasteiger partial charge in [-0.25, -0.2) is 0 Å². The van der Waals surface area contributed by atoms with Gasteiger partial charge in [-0.2, -0.15) is 0 Å². The molecule has 0 spiro atoms. The van der Waals surface area contributed by atoms with Crippen LogP contribution in [0.3, 0.4) is 0 Å². The number of ether oxygens (including phenoxy) is 1. The average Bonchev–Trinajstić information content (AvgIpc) is 2.94. The average molecular weight is 276 g/mol. The Morgan fingerprint density at radius 1 is 1.30 bits per heavy atom. The van der Waals surface area contributed by atoms with Crippen molar-refractivity contribution in [2.75, 3.05) is 18.5 Å². The first-order valence-corrected chi connectivity index (χ1v) is 6.85. The molecule has 1 atom stereocenters. The van der Waals surface area contributed by atoms with E-state index in [0.29, 0.717) is 12.2 Å². The van der Waals surface area contributed by atoms with Crippen LogP contribution in [0.25, 0.3) is 0 Å². The van der Waals surface area contributed by atoms with E-state index in [0.717, 1.165) is 30.6 Å². The number of carbonyl (C=O) groups is 2. The fourth-order valence-corrected chi connectivity index (χ4v) is 2.16. The van der Waals surface area contributed by atoms with Gasteiger partial charge in [-0.15, -0.1) is 0 Å². The third-order valence-corrected chi connectivity index (χ3v) is 3.57. The quantitative estimate of drug-likeness (QED) is 0.823. The number of rotatable bonds is 3. The van der Waals surface area contributed by atoms with Crippen LogP contribution >= 0.6 is 0 Å². The highest BCUT2D eigenvalue weighted by Gasteiger charge is 2.19. The summed E-state index contributed by atoms with van der Waals surface area (Å²) in [5, 5.41) is 5.24. The molecule has 1 aliphatic rings. The summed E-state index contributed by atoms with van der Waals surface area (Å²) in [6.07, 6.45) is 1.97. The predicted molar refractivity (Wildman–Crippen MR) is 76.5 cm³/mol. The van der Waals surface area contributed by atoms with Crippen molar-refractivity contribution in [3.8, 4) is 0 Å². The molecule has 0 aliphatic carbocycles. The molecule has 1 aromatic rings. The van der Waals surface area contributed by atoms with Crippen LogP contribution in [-0.2, 0) is 14.3 Å². The zero-order valence-corrected chi connectivity index (χ0v) is 11.9. The van der Waals surface area contributed by atoms with Gasteiger partial charge >= 0.3 is 11.8 Å². The minimum atomic E-state index is -0.642. The number of aryl methyl sites for hydroxylation is 1. The summed E-state index contributed by atoms with van der Waals surface area (Å²) in [5.41, 5.74) is 2.71. The Balaban J connectivity index is 1.87. The SMILES string of the molecule is Cc1cccc(NC(=O)C(=O)NCC2CCCO2)c1C. The van der Waals surface area contributed by atoms with Gasteiger partial charge in [0, 0.05) is 18.8 Å². The highest BCUT2D eigenvalue weighted by molar-refractivity contribution is 6.39. The van der Waals surface area contributed by atoms with E-state index in [-0.39, 0.29) is 6.10 Å². The van der Waals surface area contributed by atoms with Crippen LogP contribution in [0.15, 0.2) is 18.2 Å². The van der Waals surface area contributed by atoms with Crippen LogP contribution < -0.4 is 10.6 Å². The fourth-order valence-electron chi connectivity index (χ4n) is 2.16. The Morgan fingerprint density at radius 2 is 2.10 bits per heavy atom. The van der Waals surface area contributed by atoms with Crippen molar-refractivity contribution < 1.29 is 14.3 Å². The van der Waals surface area contributed by atoms with E-state index < -0.39 is 11.8 Å². The van der Waals surface area contributed by atoms with Gasteiger partial charge in [0.1, 0.15) is 0 Å². The van der Waals surface area contributed by atoms with Crippen LogP contribution in [0.2, 0.25) is 0 Å². The molecule has 0 bridgehead atoms. The van der Waals surface area contributed by atoms with Gasteiger partial charge in [0.2, 0.25) is 0 Å². The molecule has 1 unspecified atom stereocenters. The lowest BCUT2D eigenvalue weighted by atomic mass is 10.1. The third-order valence-electron chi connectivity index (χ3n) is 3.57. The van der Waals surface area contributed by atoms with Gasteiger partial charge in [0.25, 0.3) is 0 Å². The largest absolute Gasteiger partial charge is 0.376 e. The van der Waals surface area contributed by atoms with Crippen molar-refractivity contribution in [1.82, 2.24) is 5.32 Å². The Kier molecular flexibility index (Phi) is 4.74. The van der Waals surface area contributed by atoms with Crippen molar-refractivity contribution in [1.29, 1.82) is 0 Å². The number of hydrogen-bond donors (Lipinski definition) is 2. The van der Waals surface area contributed by atoms with Crippen molar-refractivity contribution in [3.63, 3.8) is 0 Å². The van der Waals surface area contributed by atoms with Crippen molar-refractivity contribution in [3.05, 3.63) is 29.3 Å². The van der Waals surface area contributed by atoms with E-state index in [4.69, 9.17) is 4.74 Å². The normalized spacial score (nSPS) is 17.8. The van der Waals surface area contributed by atoms with Crippen LogP contribution in [0, 0.1) is 13.8 Å². The molecule has 1 aromatic carbocycles. The molecule has 2 amide bonds. The van der Waals surface area contributed by atoms with E-state index in [1.807, 2.05) is 26.0 Å². The summed E-state index contributed by atoms with van der Waals surface area (Å²) in [6.45, 7) is 4.99. The molecule has 0 saturated carbocycles. The zero-order valence-electron chi connectivity index (χ0n) is 11.9. The van der Waals surface area contributed by atoms with Gasteiger partial charge in [-0.3, -0.25) is 9.59 Å². The highest BCUT2D eigenvalue weighted by atomic mass is 16.5. The van der Waals surface area contributed by atoms with Crippen LogP contribution in [0.4, 0.5) is 5.69 Å². The zero-order chi connectivity index (χ0) is 14.5. The minimum absolute atomic E-state index is 0.0347. The summed E-state index contributed by atoms with van der Waals surface area (Å²) in [7, 11) is 0. The lowest BCUT2D eigenvalue weighted by Gasteiger charge is -2.12. The summed E-state index contributed by atoms with van der Waals surface area (Å²) < 4.78 is 5.39. The van der Waals surface area contributed by atoms with Crippen molar-refractivity contribution >= 4 is 17.5 Å². The molecule has 108 valence electrons. The second-order valence-electron chi connectivity index (χ2n) is 5.05. The van der Waals surface area contributed by atoms with Crippen LogP contribution in [0.5, 0.6) is 0 Å². The molecule has 1 saturated heterocycles. The first-order chi connectivity index (χ1) is 9.58. The van der Waals surface area contributed by atoms with E-state index in [9.17, 15) is 9.59 Å². The maximum absolute atomic E-state index is 11.8. The summed E-state index contributed by atoms with van der Waals surface area (Å²) in [5.74, 6) is -1.27. The molecule has 2 N–H and O–H groups in total. The smallest absolute Gasteiger partial charge is 0.313 e. The van der Waals surface area contributed by atoms with Gasteiger partial charge in [-0.05, 0) is 43.9 Å². The number of benzene rings is 1. The lowest BCUT2D eigenvalue weighted by Crippen LogP contribution is -2.39. The topological polar surface area (TPSA) is 67.4 Å². The highest BCUT2D eigenvalue weighted by Crippen LogP contribution is 2.17. The predicted octanol–water partition coefficient (Wildman–Crippen LogP) is 1.54. The molecule has 2 rings (SSSR count). The molecular weight excluding hydrogens is 256 g/mol. The standard InChI is InChI=1S/C15H20N2O3/c1-10-5-3-7-13(11(10)2)17-15(19)14(18)16-9-12-6-4-8-20-12/h3,5,7,12H,4,6,8-9H2,1-2H3,(H,16,18)(H,17,19). The minimum Gasteiger partial charge on any atom is -0.376 e. The molecule has 20 heavy (non-hydrogen) atoms. The van der Waals surface area contributed by atoms with E-state index in [1.54, 1.807) is 6.07 Å². The first kappa shape index (κ1) is 14.5. The number of carbonyl (C=O) groups excluding carboxylic acids is 2. The summed E-state index contributed by atoms with van der Waals surface area (Å²) >= 11 is 0.